The van der Waals surface area contributed by atoms with Crippen LogP contribution in [0.25, 0.3) is 0 Å². The molecule has 3 atom stereocenters. The highest BCUT2D eigenvalue weighted by Crippen LogP contribution is 2.33. The Morgan fingerprint density at radius 1 is 1.40 bits per heavy atom. The molecule has 0 saturated carbocycles. The minimum absolute atomic E-state index is 0.128. The summed E-state index contributed by atoms with van der Waals surface area (Å²) in [5, 5.41) is 12.0. The number of carbonyl (C=O) groups is 1. The van der Waals surface area contributed by atoms with Gasteiger partial charge in [-0.05, 0) is 43.1 Å². The molecular formula is C16H23NO2S. The van der Waals surface area contributed by atoms with Crippen LogP contribution in [0.15, 0.2) is 5.38 Å². The fraction of sp³-hybridized carbons (Fsp3) is 0.688. The van der Waals surface area contributed by atoms with Crippen molar-refractivity contribution in [2.75, 3.05) is 13.1 Å². The lowest BCUT2D eigenvalue weighted by Crippen LogP contribution is -2.46. The SMILES string of the molecule is CC1CCc2c(C(=O)N3CCC(C)C(O)C3)csc2C1. The van der Waals surface area contributed by atoms with Crippen LogP contribution in [0.5, 0.6) is 0 Å². The molecule has 3 unspecified atom stereocenters. The van der Waals surface area contributed by atoms with E-state index in [1.807, 2.05) is 10.3 Å². The summed E-state index contributed by atoms with van der Waals surface area (Å²) < 4.78 is 0. The third-order valence-corrected chi connectivity index (χ3v) is 5.89. The van der Waals surface area contributed by atoms with E-state index in [9.17, 15) is 9.90 Å². The van der Waals surface area contributed by atoms with Gasteiger partial charge in [-0.3, -0.25) is 4.79 Å². The van der Waals surface area contributed by atoms with Crippen molar-refractivity contribution < 1.29 is 9.90 Å². The highest BCUT2D eigenvalue weighted by molar-refractivity contribution is 7.10. The van der Waals surface area contributed by atoms with E-state index in [2.05, 4.69) is 13.8 Å². The molecule has 0 bridgehead atoms. The summed E-state index contributed by atoms with van der Waals surface area (Å²) >= 11 is 1.74. The number of hydrogen-bond donors (Lipinski definition) is 1. The Labute approximate surface area is 124 Å². The molecule has 4 heteroatoms. The van der Waals surface area contributed by atoms with Crippen LogP contribution in [0.4, 0.5) is 0 Å². The molecule has 110 valence electrons. The van der Waals surface area contributed by atoms with Gasteiger partial charge in [-0.25, -0.2) is 0 Å². The number of rotatable bonds is 1. The lowest BCUT2D eigenvalue weighted by atomic mass is 9.88. The van der Waals surface area contributed by atoms with Gasteiger partial charge in [0.2, 0.25) is 0 Å². The normalized spacial score (nSPS) is 30.1. The Hall–Kier alpha value is -0.870. The number of nitrogens with zero attached hydrogens (tertiary/aromatic N) is 1. The third-order valence-electron chi connectivity index (χ3n) is 4.84. The van der Waals surface area contributed by atoms with Crippen LogP contribution in [-0.2, 0) is 12.8 Å². The topological polar surface area (TPSA) is 40.5 Å². The summed E-state index contributed by atoms with van der Waals surface area (Å²) in [5.41, 5.74) is 2.19. The average Bonchev–Trinajstić information content (AvgIpc) is 2.84. The zero-order valence-corrected chi connectivity index (χ0v) is 13.1. The summed E-state index contributed by atoms with van der Waals surface area (Å²) in [7, 11) is 0. The van der Waals surface area contributed by atoms with E-state index < -0.39 is 0 Å². The van der Waals surface area contributed by atoms with Crippen molar-refractivity contribution in [3.05, 3.63) is 21.4 Å². The predicted molar refractivity (Wildman–Crippen MR) is 81.2 cm³/mol. The number of amides is 1. The minimum Gasteiger partial charge on any atom is -0.391 e. The van der Waals surface area contributed by atoms with Crippen LogP contribution in [0.2, 0.25) is 0 Å². The number of piperidine rings is 1. The van der Waals surface area contributed by atoms with Gasteiger partial charge < -0.3 is 10.0 Å². The van der Waals surface area contributed by atoms with Crippen LogP contribution < -0.4 is 0 Å². The van der Waals surface area contributed by atoms with Gasteiger partial charge in [-0.2, -0.15) is 0 Å². The van der Waals surface area contributed by atoms with Gasteiger partial charge in [0.15, 0.2) is 0 Å². The molecule has 3 rings (SSSR count). The summed E-state index contributed by atoms with van der Waals surface area (Å²) in [6.45, 7) is 5.60. The maximum Gasteiger partial charge on any atom is 0.255 e. The molecule has 2 heterocycles. The zero-order chi connectivity index (χ0) is 14.3. The van der Waals surface area contributed by atoms with Gasteiger partial charge in [-0.15, -0.1) is 11.3 Å². The fourth-order valence-electron chi connectivity index (χ4n) is 3.26. The van der Waals surface area contributed by atoms with Gasteiger partial charge in [0.25, 0.3) is 5.91 Å². The third kappa shape index (κ3) is 2.51. The quantitative estimate of drug-likeness (QED) is 0.865. The van der Waals surface area contributed by atoms with Crippen molar-refractivity contribution in [1.82, 2.24) is 4.90 Å². The van der Waals surface area contributed by atoms with Crippen LogP contribution in [-0.4, -0.2) is 35.1 Å². The van der Waals surface area contributed by atoms with E-state index in [4.69, 9.17) is 0 Å². The average molecular weight is 293 g/mol. The largest absolute Gasteiger partial charge is 0.391 e. The van der Waals surface area contributed by atoms with Gasteiger partial charge >= 0.3 is 0 Å². The standard InChI is InChI=1S/C16H23NO2S/c1-10-3-4-12-13(9-20-15(12)7-10)16(19)17-6-5-11(2)14(18)8-17/h9-11,14,18H,3-8H2,1-2H3. The molecule has 1 aromatic heterocycles. The van der Waals surface area contributed by atoms with Crippen molar-refractivity contribution in [3.63, 3.8) is 0 Å². The van der Waals surface area contributed by atoms with Gasteiger partial charge in [0, 0.05) is 23.3 Å². The Morgan fingerprint density at radius 3 is 2.95 bits per heavy atom. The van der Waals surface area contributed by atoms with Crippen molar-refractivity contribution in [3.8, 4) is 0 Å². The zero-order valence-electron chi connectivity index (χ0n) is 12.3. The van der Waals surface area contributed by atoms with Crippen molar-refractivity contribution in [2.45, 2.75) is 45.6 Å². The maximum absolute atomic E-state index is 12.7. The lowest BCUT2D eigenvalue weighted by Gasteiger charge is -2.34. The number of aliphatic hydroxyl groups is 1. The smallest absolute Gasteiger partial charge is 0.255 e. The number of aliphatic hydroxyl groups excluding tert-OH is 1. The number of hydrogen-bond acceptors (Lipinski definition) is 3. The van der Waals surface area contributed by atoms with Crippen LogP contribution in [0, 0.1) is 11.8 Å². The van der Waals surface area contributed by atoms with E-state index in [0.29, 0.717) is 12.5 Å². The number of β-amino-alcohol motifs (C(OH)–C–C–N with tert-alkyl or cyclic N) is 1. The van der Waals surface area contributed by atoms with Gasteiger partial charge in [-0.1, -0.05) is 13.8 Å². The first-order valence-electron chi connectivity index (χ1n) is 7.63. The number of carbonyl (C=O) groups excluding carboxylic acids is 1. The molecule has 20 heavy (non-hydrogen) atoms. The molecule has 1 fully saturated rings. The predicted octanol–water partition coefficient (Wildman–Crippen LogP) is 2.72. The highest BCUT2D eigenvalue weighted by Gasteiger charge is 2.30. The van der Waals surface area contributed by atoms with E-state index in [-0.39, 0.29) is 12.0 Å². The molecule has 0 radical (unpaired) electrons. The van der Waals surface area contributed by atoms with Crippen LogP contribution in [0.3, 0.4) is 0 Å². The summed E-state index contributed by atoms with van der Waals surface area (Å²) in [6.07, 6.45) is 3.86. The molecule has 1 aromatic rings. The molecule has 1 N–H and O–H groups in total. The van der Waals surface area contributed by atoms with E-state index >= 15 is 0 Å². The van der Waals surface area contributed by atoms with Crippen LogP contribution >= 0.6 is 11.3 Å². The number of fused-ring (bicyclic) bond motifs is 1. The number of likely N-dealkylation sites (tertiary alicyclic amines) is 1. The second kappa shape index (κ2) is 5.49. The van der Waals surface area contributed by atoms with Gasteiger partial charge in [0.1, 0.15) is 0 Å². The molecule has 2 aliphatic rings. The van der Waals surface area contributed by atoms with Crippen molar-refractivity contribution >= 4 is 17.2 Å². The number of thiophene rings is 1. The first-order valence-corrected chi connectivity index (χ1v) is 8.50. The van der Waals surface area contributed by atoms with Crippen LogP contribution in [0.1, 0.15) is 47.5 Å². The molecule has 0 spiro atoms. The minimum atomic E-state index is -0.373. The summed E-state index contributed by atoms with van der Waals surface area (Å²) in [4.78, 5) is 15.9. The molecule has 1 aliphatic heterocycles. The molecule has 1 aliphatic carbocycles. The summed E-state index contributed by atoms with van der Waals surface area (Å²) in [5.74, 6) is 1.17. The van der Waals surface area contributed by atoms with Crippen molar-refractivity contribution in [2.24, 2.45) is 11.8 Å². The lowest BCUT2D eigenvalue weighted by molar-refractivity contribution is 0.0248. The molecule has 3 nitrogen and oxygen atoms in total. The van der Waals surface area contributed by atoms with E-state index in [1.165, 1.54) is 16.9 Å². The Bertz CT molecular complexity index is 511. The molecule has 1 saturated heterocycles. The van der Waals surface area contributed by atoms with Gasteiger partial charge in [0.05, 0.1) is 11.7 Å². The molecule has 1 amide bonds. The van der Waals surface area contributed by atoms with Crippen molar-refractivity contribution in [1.29, 1.82) is 0 Å². The Kier molecular flexibility index (Phi) is 3.87. The second-order valence-corrected chi connectivity index (χ2v) is 7.45. The summed E-state index contributed by atoms with van der Waals surface area (Å²) in [6, 6.07) is 0. The Morgan fingerprint density at radius 2 is 2.20 bits per heavy atom. The Balaban J connectivity index is 1.78. The first kappa shape index (κ1) is 14.1. The monoisotopic (exact) mass is 293 g/mol. The maximum atomic E-state index is 12.7. The van der Waals surface area contributed by atoms with E-state index in [1.54, 1.807) is 11.3 Å². The first-order chi connectivity index (χ1) is 9.56. The molecule has 0 aromatic carbocycles. The molecular weight excluding hydrogens is 270 g/mol. The fourth-order valence-corrected chi connectivity index (χ4v) is 4.50. The second-order valence-electron chi connectivity index (χ2n) is 6.48. The van der Waals surface area contributed by atoms with E-state index in [0.717, 1.165) is 37.3 Å². The highest BCUT2D eigenvalue weighted by atomic mass is 32.1.